The van der Waals surface area contributed by atoms with E-state index in [9.17, 15) is 22.4 Å². The number of carbonyl (C=O) groups excluding carboxylic acids is 1. The van der Waals surface area contributed by atoms with Crippen molar-refractivity contribution in [1.82, 2.24) is 0 Å². The summed E-state index contributed by atoms with van der Waals surface area (Å²) < 4.78 is 55.8. The second-order valence-electron chi connectivity index (χ2n) is 4.42. The minimum Gasteiger partial charge on any atom is -0.426 e. The van der Waals surface area contributed by atoms with Crippen molar-refractivity contribution in [1.29, 1.82) is 0 Å². The van der Waals surface area contributed by atoms with Crippen LogP contribution in [0.15, 0.2) is 42.5 Å². The van der Waals surface area contributed by atoms with Gasteiger partial charge in [0.25, 0.3) is 0 Å². The molecule has 22 heavy (non-hydrogen) atoms. The molecule has 0 saturated carbocycles. The van der Waals surface area contributed by atoms with E-state index in [4.69, 9.17) is 16.3 Å². The predicted octanol–water partition coefficient (Wildman–Crippen LogP) is 4.65. The van der Waals surface area contributed by atoms with Gasteiger partial charge in [0, 0.05) is 0 Å². The molecule has 0 fully saturated rings. The average Bonchev–Trinajstić information content (AvgIpc) is 2.42. The first-order chi connectivity index (χ1) is 10.3. The molecule has 2 aromatic carbocycles. The highest BCUT2D eigenvalue weighted by Crippen LogP contribution is 2.35. The van der Waals surface area contributed by atoms with Gasteiger partial charge in [-0.2, -0.15) is 13.2 Å². The molecule has 7 heteroatoms. The van der Waals surface area contributed by atoms with Crippen LogP contribution in [-0.4, -0.2) is 5.97 Å². The lowest BCUT2D eigenvalue weighted by Gasteiger charge is -2.11. The van der Waals surface area contributed by atoms with Gasteiger partial charge in [0.2, 0.25) is 0 Å². The Hall–Kier alpha value is -2.08. The third kappa shape index (κ3) is 4.21. The van der Waals surface area contributed by atoms with Crippen LogP contribution in [0.4, 0.5) is 17.6 Å². The molecule has 0 aliphatic rings. The van der Waals surface area contributed by atoms with Crippen LogP contribution in [0.1, 0.15) is 11.1 Å². The van der Waals surface area contributed by atoms with E-state index in [1.807, 2.05) is 0 Å². The summed E-state index contributed by atoms with van der Waals surface area (Å²) in [6, 6.07) is 7.88. The zero-order valence-electron chi connectivity index (χ0n) is 11.0. The van der Waals surface area contributed by atoms with Crippen LogP contribution in [0.2, 0.25) is 5.02 Å². The summed E-state index contributed by atoms with van der Waals surface area (Å²) in [4.78, 5) is 11.7. The molecule has 2 aromatic rings. The number of carbonyl (C=O) groups is 1. The molecule has 0 spiro atoms. The molecular formula is C15H9ClF4O2. The molecule has 0 aliphatic heterocycles. The third-order valence-corrected chi connectivity index (χ3v) is 3.06. The number of ether oxygens (including phenoxy) is 1. The fourth-order valence-electron chi connectivity index (χ4n) is 1.74. The van der Waals surface area contributed by atoms with E-state index in [0.717, 1.165) is 24.3 Å². The fraction of sp³-hybridized carbons (Fsp3) is 0.133. The van der Waals surface area contributed by atoms with Crippen molar-refractivity contribution in [3.8, 4) is 5.75 Å². The van der Waals surface area contributed by atoms with E-state index in [2.05, 4.69) is 0 Å². The van der Waals surface area contributed by atoms with Crippen LogP contribution in [0, 0.1) is 5.82 Å². The van der Waals surface area contributed by atoms with Gasteiger partial charge >= 0.3 is 12.1 Å². The molecule has 0 aliphatic carbocycles. The summed E-state index contributed by atoms with van der Waals surface area (Å²) in [6.45, 7) is 0. The van der Waals surface area contributed by atoms with Crippen molar-refractivity contribution in [2.45, 2.75) is 12.6 Å². The lowest BCUT2D eigenvalue weighted by atomic mass is 10.1. The summed E-state index contributed by atoms with van der Waals surface area (Å²) in [5.74, 6) is -1.15. The Kier molecular flexibility index (Phi) is 4.71. The molecule has 0 bridgehead atoms. The van der Waals surface area contributed by atoms with Crippen LogP contribution in [0.25, 0.3) is 0 Å². The standard InChI is InChI=1S/C15H9ClF4O2/c16-13-6-1-9(7-12(13)15(18,19)20)8-14(21)22-11-4-2-10(17)3-5-11/h1-7H,8H2. The minimum atomic E-state index is -4.60. The molecule has 116 valence electrons. The van der Waals surface area contributed by atoms with Gasteiger partial charge in [0.05, 0.1) is 17.0 Å². The van der Waals surface area contributed by atoms with E-state index in [1.54, 1.807) is 0 Å². The molecule has 2 nitrogen and oxygen atoms in total. The van der Waals surface area contributed by atoms with Gasteiger partial charge in [0.1, 0.15) is 11.6 Å². The number of rotatable bonds is 3. The topological polar surface area (TPSA) is 26.3 Å². The quantitative estimate of drug-likeness (QED) is 0.465. The maximum absolute atomic E-state index is 12.7. The van der Waals surface area contributed by atoms with E-state index >= 15 is 0 Å². The number of halogens is 5. The maximum atomic E-state index is 12.7. The molecule has 0 radical (unpaired) electrons. The smallest absolute Gasteiger partial charge is 0.417 e. The summed E-state index contributed by atoms with van der Waals surface area (Å²) in [6.07, 6.45) is -4.97. The highest BCUT2D eigenvalue weighted by atomic mass is 35.5. The van der Waals surface area contributed by atoms with Gasteiger partial charge in [-0.1, -0.05) is 17.7 Å². The average molecular weight is 333 g/mol. The lowest BCUT2D eigenvalue weighted by molar-refractivity contribution is -0.138. The molecule has 0 atom stereocenters. The van der Waals surface area contributed by atoms with Crippen LogP contribution >= 0.6 is 11.6 Å². The number of hydrogen-bond acceptors (Lipinski definition) is 2. The molecule has 0 saturated heterocycles. The van der Waals surface area contributed by atoms with E-state index in [0.29, 0.717) is 0 Å². The van der Waals surface area contributed by atoms with Crippen molar-refractivity contribution in [3.05, 3.63) is 64.4 Å². The third-order valence-electron chi connectivity index (χ3n) is 2.73. The Morgan fingerprint density at radius 3 is 2.32 bits per heavy atom. The Balaban J connectivity index is 2.10. The zero-order chi connectivity index (χ0) is 16.3. The highest BCUT2D eigenvalue weighted by Gasteiger charge is 2.33. The monoisotopic (exact) mass is 332 g/mol. The first kappa shape index (κ1) is 16.3. The minimum absolute atomic E-state index is 0.108. The van der Waals surface area contributed by atoms with Crippen LogP contribution in [0.3, 0.4) is 0 Å². The first-order valence-electron chi connectivity index (χ1n) is 6.07. The Labute approximate surface area is 128 Å². The first-order valence-corrected chi connectivity index (χ1v) is 6.45. The summed E-state index contributed by atoms with van der Waals surface area (Å²) >= 11 is 5.49. The van der Waals surface area contributed by atoms with Gasteiger partial charge in [-0.15, -0.1) is 0 Å². The molecule has 0 heterocycles. The van der Waals surface area contributed by atoms with Crippen LogP contribution in [-0.2, 0) is 17.4 Å². The maximum Gasteiger partial charge on any atom is 0.417 e. The zero-order valence-corrected chi connectivity index (χ0v) is 11.7. The second kappa shape index (κ2) is 6.36. The molecule has 0 unspecified atom stereocenters. The number of esters is 1. The van der Waals surface area contributed by atoms with Gasteiger partial charge in [-0.3, -0.25) is 4.79 Å². The van der Waals surface area contributed by atoms with Crippen LogP contribution in [0.5, 0.6) is 5.75 Å². The highest BCUT2D eigenvalue weighted by molar-refractivity contribution is 6.31. The van der Waals surface area contributed by atoms with E-state index in [1.165, 1.54) is 18.2 Å². The molecule has 0 amide bonds. The normalized spacial score (nSPS) is 11.3. The van der Waals surface area contributed by atoms with Crippen LogP contribution < -0.4 is 4.74 Å². The summed E-state index contributed by atoms with van der Waals surface area (Å²) in [7, 11) is 0. The largest absolute Gasteiger partial charge is 0.426 e. The van der Waals surface area contributed by atoms with E-state index < -0.39 is 28.5 Å². The molecule has 2 rings (SSSR count). The number of hydrogen-bond donors (Lipinski definition) is 0. The molecule has 0 N–H and O–H groups in total. The Morgan fingerprint density at radius 2 is 1.73 bits per heavy atom. The SMILES string of the molecule is O=C(Cc1ccc(Cl)c(C(F)(F)F)c1)Oc1ccc(F)cc1. The predicted molar refractivity (Wildman–Crippen MR) is 72.2 cm³/mol. The van der Waals surface area contributed by atoms with Gasteiger partial charge in [-0.25, -0.2) is 4.39 Å². The van der Waals surface area contributed by atoms with Gasteiger partial charge < -0.3 is 4.74 Å². The van der Waals surface area contributed by atoms with E-state index in [-0.39, 0.29) is 17.7 Å². The van der Waals surface area contributed by atoms with Crippen molar-refractivity contribution >= 4 is 17.6 Å². The second-order valence-corrected chi connectivity index (χ2v) is 4.82. The number of benzene rings is 2. The molecule has 0 aromatic heterocycles. The van der Waals surface area contributed by atoms with Crippen molar-refractivity contribution in [2.75, 3.05) is 0 Å². The number of alkyl halides is 3. The van der Waals surface area contributed by atoms with Crippen molar-refractivity contribution < 1.29 is 27.1 Å². The lowest BCUT2D eigenvalue weighted by Crippen LogP contribution is -2.13. The van der Waals surface area contributed by atoms with Crippen molar-refractivity contribution in [2.24, 2.45) is 0 Å². The summed E-state index contributed by atoms with van der Waals surface area (Å²) in [5, 5.41) is -0.442. The van der Waals surface area contributed by atoms with Crippen molar-refractivity contribution in [3.63, 3.8) is 0 Å². The fourth-order valence-corrected chi connectivity index (χ4v) is 1.96. The van der Waals surface area contributed by atoms with Gasteiger partial charge in [0.15, 0.2) is 0 Å². The molecular weight excluding hydrogens is 324 g/mol. The van der Waals surface area contributed by atoms with Gasteiger partial charge in [-0.05, 0) is 42.0 Å². The summed E-state index contributed by atoms with van der Waals surface area (Å²) in [5.41, 5.74) is -0.898. The Bertz CT molecular complexity index is 681. The Morgan fingerprint density at radius 1 is 1.09 bits per heavy atom.